The molecule has 124 valence electrons. The van der Waals surface area contributed by atoms with E-state index < -0.39 is 23.9 Å². The highest BCUT2D eigenvalue weighted by molar-refractivity contribution is 5.98. The molecule has 1 aliphatic carbocycles. The van der Waals surface area contributed by atoms with Crippen LogP contribution in [-0.2, 0) is 9.59 Å². The van der Waals surface area contributed by atoms with Crippen LogP contribution in [0.25, 0.3) is 0 Å². The Morgan fingerprint density at radius 2 is 2.09 bits per heavy atom. The summed E-state index contributed by atoms with van der Waals surface area (Å²) in [7, 11) is 0. The minimum Gasteiger partial charge on any atom is -0.484 e. The molecule has 0 radical (unpaired) electrons. The van der Waals surface area contributed by atoms with Gasteiger partial charge in [-0.1, -0.05) is 6.07 Å². The number of carbonyl (C=O) groups excluding carboxylic acids is 3. The Kier molecular flexibility index (Phi) is 5.40. The molecule has 1 saturated carbocycles. The van der Waals surface area contributed by atoms with E-state index in [-0.39, 0.29) is 12.6 Å². The number of hydrogen-bond donors (Lipinski definition) is 4. The maximum atomic E-state index is 11.9. The van der Waals surface area contributed by atoms with E-state index in [4.69, 9.17) is 10.5 Å². The van der Waals surface area contributed by atoms with Crippen molar-refractivity contribution in [1.82, 2.24) is 10.6 Å². The Balaban J connectivity index is 1.84. The topological polar surface area (TPSA) is 123 Å². The minimum atomic E-state index is -0.619. The molecule has 8 nitrogen and oxygen atoms in total. The van der Waals surface area contributed by atoms with Crippen molar-refractivity contribution in [2.75, 3.05) is 11.9 Å². The van der Waals surface area contributed by atoms with Crippen LogP contribution in [0.2, 0.25) is 0 Å². The van der Waals surface area contributed by atoms with Crippen LogP contribution >= 0.6 is 0 Å². The third-order valence-electron chi connectivity index (χ3n) is 3.14. The second kappa shape index (κ2) is 7.48. The molecule has 2 rings (SSSR count). The van der Waals surface area contributed by atoms with Gasteiger partial charge in [-0.3, -0.25) is 14.9 Å². The second-order valence-electron chi connectivity index (χ2n) is 5.39. The van der Waals surface area contributed by atoms with Crippen LogP contribution in [0, 0.1) is 0 Å². The molecule has 0 spiro atoms. The highest BCUT2D eigenvalue weighted by Crippen LogP contribution is 2.19. The Bertz CT molecular complexity index is 601. The molecule has 23 heavy (non-hydrogen) atoms. The fourth-order valence-electron chi connectivity index (χ4n) is 1.81. The normalized spacial score (nSPS) is 14.5. The number of anilines is 1. The number of hydrogen-bond acceptors (Lipinski definition) is 5. The number of rotatable bonds is 7. The van der Waals surface area contributed by atoms with Gasteiger partial charge in [-0.15, -0.1) is 0 Å². The zero-order valence-electron chi connectivity index (χ0n) is 12.8. The van der Waals surface area contributed by atoms with E-state index in [0.717, 1.165) is 12.8 Å². The standard InChI is InChI=1S/C15H20N4O4/c1-9(14(21)19-15(22)18-10-5-6-10)17-11-3-2-4-12(7-11)23-8-13(16)20/h2-4,7,9-10,17H,5-6,8H2,1H3,(H2,16,20)(H2,18,19,21,22)/t9-/m0/s1. The van der Waals surface area contributed by atoms with Crippen LogP contribution in [0.15, 0.2) is 24.3 Å². The molecule has 1 aromatic rings. The second-order valence-corrected chi connectivity index (χ2v) is 5.39. The molecule has 0 aliphatic heterocycles. The molecule has 1 aliphatic rings. The van der Waals surface area contributed by atoms with Gasteiger partial charge >= 0.3 is 6.03 Å². The average Bonchev–Trinajstić information content (AvgIpc) is 3.29. The Morgan fingerprint density at radius 3 is 2.74 bits per heavy atom. The van der Waals surface area contributed by atoms with E-state index in [2.05, 4.69) is 16.0 Å². The third-order valence-corrected chi connectivity index (χ3v) is 3.14. The lowest BCUT2D eigenvalue weighted by atomic mass is 10.2. The molecule has 1 fully saturated rings. The van der Waals surface area contributed by atoms with Crippen molar-refractivity contribution in [3.63, 3.8) is 0 Å². The summed E-state index contributed by atoms with van der Waals surface area (Å²) in [4.78, 5) is 34.2. The zero-order valence-corrected chi connectivity index (χ0v) is 12.8. The van der Waals surface area contributed by atoms with E-state index in [1.807, 2.05) is 0 Å². The number of amides is 4. The van der Waals surface area contributed by atoms with Crippen molar-refractivity contribution in [3.05, 3.63) is 24.3 Å². The van der Waals surface area contributed by atoms with Crippen LogP contribution in [0.4, 0.5) is 10.5 Å². The average molecular weight is 320 g/mol. The van der Waals surface area contributed by atoms with Crippen molar-refractivity contribution >= 4 is 23.5 Å². The predicted molar refractivity (Wildman–Crippen MR) is 83.9 cm³/mol. The Hall–Kier alpha value is -2.77. The number of nitrogens with two attached hydrogens (primary N) is 1. The highest BCUT2D eigenvalue weighted by atomic mass is 16.5. The van der Waals surface area contributed by atoms with Crippen molar-refractivity contribution in [1.29, 1.82) is 0 Å². The summed E-state index contributed by atoms with van der Waals surface area (Å²) in [6.07, 6.45) is 1.90. The van der Waals surface area contributed by atoms with Gasteiger partial charge in [0.2, 0.25) is 5.91 Å². The lowest BCUT2D eigenvalue weighted by Gasteiger charge is -2.15. The van der Waals surface area contributed by atoms with Gasteiger partial charge in [0.05, 0.1) is 0 Å². The van der Waals surface area contributed by atoms with Crippen LogP contribution in [0.1, 0.15) is 19.8 Å². The van der Waals surface area contributed by atoms with E-state index >= 15 is 0 Å². The fraction of sp³-hybridized carbons (Fsp3) is 0.400. The monoisotopic (exact) mass is 320 g/mol. The SMILES string of the molecule is C[C@H](Nc1cccc(OCC(N)=O)c1)C(=O)NC(=O)NC1CC1. The molecule has 0 aromatic heterocycles. The number of urea groups is 1. The molecule has 8 heteroatoms. The van der Waals surface area contributed by atoms with E-state index in [0.29, 0.717) is 11.4 Å². The predicted octanol–water partition coefficient (Wildman–Crippen LogP) is 0.339. The summed E-state index contributed by atoms with van der Waals surface area (Å²) in [5.41, 5.74) is 5.64. The van der Waals surface area contributed by atoms with Gasteiger partial charge in [0.1, 0.15) is 11.8 Å². The van der Waals surface area contributed by atoms with Crippen LogP contribution in [0.3, 0.4) is 0 Å². The number of benzene rings is 1. The van der Waals surface area contributed by atoms with Gasteiger partial charge in [0, 0.05) is 17.8 Å². The van der Waals surface area contributed by atoms with Crippen LogP contribution in [0.5, 0.6) is 5.75 Å². The van der Waals surface area contributed by atoms with Gasteiger partial charge < -0.3 is 21.1 Å². The molecule has 5 N–H and O–H groups in total. The zero-order chi connectivity index (χ0) is 16.8. The number of primary amides is 1. The maximum Gasteiger partial charge on any atom is 0.321 e. The molecule has 0 heterocycles. The van der Waals surface area contributed by atoms with Crippen molar-refractivity contribution < 1.29 is 19.1 Å². The van der Waals surface area contributed by atoms with Crippen LogP contribution < -0.4 is 26.4 Å². The fourth-order valence-corrected chi connectivity index (χ4v) is 1.81. The molecule has 0 unspecified atom stereocenters. The first-order valence-electron chi connectivity index (χ1n) is 7.33. The molecule has 1 aromatic carbocycles. The van der Waals surface area contributed by atoms with Crippen molar-refractivity contribution in [2.45, 2.75) is 31.8 Å². The number of ether oxygens (including phenoxy) is 1. The summed E-state index contributed by atoms with van der Waals surface area (Å²) in [5.74, 6) is -0.558. The molecule has 0 saturated heterocycles. The minimum absolute atomic E-state index is 0.185. The lowest BCUT2D eigenvalue weighted by molar-refractivity contribution is -0.121. The summed E-state index contributed by atoms with van der Waals surface area (Å²) in [5, 5.41) is 7.92. The first-order chi connectivity index (χ1) is 10.9. The summed E-state index contributed by atoms with van der Waals surface area (Å²) < 4.78 is 5.19. The number of carbonyl (C=O) groups is 3. The Labute approximate surface area is 133 Å². The summed E-state index contributed by atoms with van der Waals surface area (Å²) >= 11 is 0. The first-order valence-corrected chi connectivity index (χ1v) is 7.33. The van der Waals surface area contributed by atoms with Gasteiger partial charge in [-0.25, -0.2) is 4.79 Å². The van der Waals surface area contributed by atoms with E-state index in [1.165, 1.54) is 0 Å². The molecular formula is C15H20N4O4. The highest BCUT2D eigenvalue weighted by Gasteiger charge is 2.24. The molecule has 1 atom stereocenters. The van der Waals surface area contributed by atoms with Crippen molar-refractivity contribution in [2.24, 2.45) is 5.73 Å². The molecule has 4 amide bonds. The van der Waals surface area contributed by atoms with Crippen LogP contribution in [-0.4, -0.2) is 36.5 Å². The summed E-state index contributed by atoms with van der Waals surface area (Å²) in [6, 6.07) is 5.84. The smallest absolute Gasteiger partial charge is 0.321 e. The number of imide groups is 1. The quantitative estimate of drug-likeness (QED) is 0.577. The van der Waals surface area contributed by atoms with Gasteiger partial charge in [0.15, 0.2) is 6.61 Å². The van der Waals surface area contributed by atoms with E-state index in [9.17, 15) is 14.4 Å². The van der Waals surface area contributed by atoms with E-state index in [1.54, 1.807) is 31.2 Å². The number of nitrogens with one attached hydrogen (secondary N) is 3. The maximum absolute atomic E-state index is 11.9. The molecular weight excluding hydrogens is 300 g/mol. The lowest BCUT2D eigenvalue weighted by Crippen LogP contribution is -2.46. The van der Waals surface area contributed by atoms with Gasteiger partial charge in [-0.05, 0) is 31.9 Å². The van der Waals surface area contributed by atoms with Crippen molar-refractivity contribution in [3.8, 4) is 5.75 Å². The summed E-state index contributed by atoms with van der Waals surface area (Å²) in [6.45, 7) is 1.41. The van der Waals surface area contributed by atoms with Gasteiger partial charge in [-0.2, -0.15) is 0 Å². The first kappa shape index (κ1) is 16.6. The Morgan fingerprint density at radius 1 is 1.35 bits per heavy atom. The third kappa shape index (κ3) is 5.85. The van der Waals surface area contributed by atoms with Gasteiger partial charge in [0.25, 0.3) is 5.91 Å². The molecule has 0 bridgehead atoms. The largest absolute Gasteiger partial charge is 0.484 e.